The molecule has 1 saturated carbocycles. The molecule has 0 radical (unpaired) electrons. The van der Waals surface area contributed by atoms with E-state index in [4.69, 9.17) is 29.7 Å². The second kappa shape index (κ2) is 11.0. The normalized spacial score (nSPS) is 24.5. The maximum Gasteiger partial charge on any atom is 0.221 e. The molecule has 3 aliphatic carbocycles. The van der Waals surface area contributed by atoms with E-state index in [1.807, 2.05) is 12.1 Å². The predicted molar refractivity (Wildman–Crippen MR) is 167 cm³/mol. The smallest absolute Gasteiger partial charge is 0.221 e. The van der Waals surface area contributed by atoms with E-state index in [9.17, 15) is 5.26 Å². The largest absolute Gasteiger partial charge is 0.475 e. The van der Waals surface area contributed by atoms with E-state index in [2.05, 4.69) is 55.2 Å². The Morgan fingerprint density at radius 3 is 2.61 bits per heavy atom. The number of hydrogen-bond donors (Lipinski definition) is 1. The zero-order valence-electron chi connectivity index (χ0n) is 26.4. The molecular weight excluding hydrogens is 554 g/mol. The summed E-state index contributed by atoms with van der Waals surface area (Å²) < 4.78 is 19.1. The Kier molecular flexibility index (Phi) is 7.29. The van der Waals surface area contributed by atoms with E-state index >= 15 is 0 Å². The lowest BCUT2D eigenvalue weighted by Gasteiger charge is -2.41. The minimum Gasteiger partial charge on any atom is -0.475 e. The van der Waals surface area contributed by atoms with Gasteiger partial charge in [-0.2, -0.15) is 15.2 Å². The van der Waals surface area contributed by atoms with E-state index in [1.165, 1.54) is 12.0 Å². The lowest BCUT2D eigenvalue weighted by atomic mass is 9.61. The molecule has 1 saturated heterocycles. The topological polar surface area (TPSA) is 127 Å². The third-order valence-electron chi connectivity index (χ3n) is 10.8. The van der Waals surface area contributed by atoms with Gasteiger partial charge in [0.2, 0.25) is 11.8 Å². The van der Waals surface area contributed by atoms with Crippen molar-refractivity contribution in [1.29, 1.82) is 5.26 Å². The molecule has 3 aromatic rings. The monoisotopic (exact) mass is 597 g/mol. The number of nitriles is 1. The Bertz CT molecular complexity index is 1600. The first-order chi connectivity index (χ1) is 21.2. The Morgan fingerprint density at radius 1 is 1.14 bits per heavy atom. The van der Waals surface area contributed by atoms with Gasteiger partial charge in [-0.15, -0.1) is 0 Å². The molecule has 44 heavy (non-hydrogen) atoms. The summed E-state index contributed by atoms with van der Waals surface area (Å²) in [7, 11) is 6.35. The first-order valence-electron chi connectivity index (χ1n) is 16.1. The van der Waals surface area contributed by atoms with Crippen LogP contribution in [0.1, 0.15) is 86.3 Å². The molecule has 3 atom stereocenters. The van der Waals surface area contributed by atoms with Crippen molar-refractivity contribution < 1.29 is 14.0 Å². The molecule has 1 aromatic carbocycles. The molecule has 232 valence electrons. The quantitative estimate of drug-likeness (QED) is 0.359. The van der Waals surface area contributed by atoms with Crippen LogP contribution in [0.15, 0.2) is 22.7 Å². The van der Waals surface area contributed by atoms with Gasteiger partial charge in [-0.25, -0.2) is 0 Å². The van der Waals surface area contributed by atoms with Gasteiger partial charge in [-0.1, -0.05) is 11.2 Å². The molecule has 0 bridgehead atoms. The van der Waals surface area contributed by atoms with E-state index in [0.717, 1.165) is 81.2 Å². The number of nitrogen functional groups attached to an aromatic ring is 1. The SMILES string of the molecule is C[C@H](Oc1cc(OCC2(N(C)C)CC2)nc(-c2noc3c2CCC[C@@]32CCCc3ccc(N)c(C#N)c32)n1)[C@@H]1CCCN1C. The van der Waals surface area contributed by atoms with Crippen LogP contribution < -0.4 is 15.2 Å². The summed E-state index contributed by atoms with van der Waals surface area (Å²) in [6, 6.07) is 8.49. The van der Waals surface area contributed by atoms with Crippen molar-refractivity contribution in [3.05, 3.63) is 46.2 Å². The van der Waals surface area contributed by atoms with E-state index in [0.29, 0.717) is 47.2 Å². The first kappa shape index (κ1) is 29.1. The van der Waals surface area contributed by atoms with Gasteiger partial charge in [0.05, 0.1) is 22.6 Å². The van der Waals surface area contributed by atoms with Gasteiger partial charge in [-0.05, 0) is 116 Å². The van der Waals surface area contributed by atoms with Crippen molar-refractivity contribution >= 4 is 5.69 Å². The summed E-state index contributed by atoms with van der Waals surface area (Å²) >= 11 is 0. The van der Waals surface area contributed by atoms with Gasteiger partial charge >= 0.3 is 0 Å². The van der Waals surface area contributed by atoms with Crippen LogP contribution in [-0.2, 0) is 18.3 Å². The highest BCUT2D eigenvalue weighted by Gasteiger charge is 2.48. The number of likely N-dealkylation sites (tertiary alicyclic amines) is 1. The molecule has 1 spiro atoms. The number of fused-ring (bicyclic) bond motifs is 4. The summed E-state index contributed by atoms with van der Waals surface area (Å²) in [4.78, 5) is 14.4. The Hall–Kier alpha value is -3.68. The summed E-state index contributed by atoms with van der Waals surface area (Å²) in [5, 5.41) is 14.8. The third-order valence-corrected chi connectivity index (χ3v) is 10.8. The van der Waals surface area contributed by atoms with Crippen LogP contribution in [0.2, 0.25) is 0 Å². The number of rotatable bonds is 8. The maximum atomic E-state index is 10.2. The maximum absolute atomic E-state index is 10.2. The van der Waals surface area contributed by atoms with Crippen molar-refractivity contribution in [2.75, 3.05) is 40.0 Å². The number of likely N-dealkylation sites (N-methyl/N-ethyl adjacent to an activating group) is 2. The number of aromatic nitrogens is 3. The van der Waals surface area contributed by atoms with Crippen molar-refractivity contribution in [3.8, 4) is 29.3 Å². The highest BCUT2D eigenvalue weighted by Crippen LogP contribution is 2.53. The molecule has 10 nitrogen and oxygen atoms in total. The van der Waals surface area contributed by atoms with Crippen LogP contribution >= 0.6 is 0 Å². The average Bonchev–Trinajstić information content (AvgIpc) is 3.48. The molecule has 2 N–H and O–H groups in total. The molecule has 2 aromatic heterocycles. The van der Waals surface area contributed by atoms with Crippen LogP contribution in [0.5, 0.6) is 11.8 Å². The number of ether oxygens (including phenoxy) is 2. The summed E-state index contributed by atoms with van der Waals surface area (Å²) in [5.74, 6) is 2.24. The lowest BCUT2D eigenvalue weighted by Crippen LogP contribution is -2.38. The molecule has 3 heterocycles. The number of aryl methyl sites for hydroxylation is 1. The Labute approximate surface area is 259 Å². The van der Waals surface area contributed by atoms with Crippen LogP contribution in [0.4, 0.5) is 5.69 Å². The van der Waals surface area contributed by atoms with Crippen LogP contribution in [0.3, 0.4) is 0 Å². The molecular formula is C34H43N7O3. The minimum absolute atomic E-state index is 0.0418. The second-order valence-electron chi connectivity index (χ2n) is 13.6. The van der Waals surface area contributed by atoms with Crippen LogP contribution in [-0.4, -0.2) is 76.9 Å². The first-order valence-corrected chi connectivity index (χ1v) is 16.1. The molecule has 2 fully saturated rings. The highest BCUT2D eigenvalue weighted by atomic mass is 16.5. The van der Waals surface area contributed by atoms with Crippen molar-refractivity contribution in [2.24, 2.45) is 0 Å². The minimum atomic E-state index is -0.439. The summed E-state index contributed by atoms with van der Waals surface area (Å²) in [6.07, 6.45) is 9.86. The number of hydrogen-bond acceptors (Lipinski definition) is 10. The van der Waals surface area contributed by atoms with Gasteiger partial charge in [0.1, 0.15) is 18.8 Å². The van der Waals surface area contributed by atoms with Crippen molar-refractivity contribution in [2.45, 2.75) is 94.2 Å². The van der Waals surface area contributed by atoms with E-state index < -0.39 is 5.41 Å². The Morgan fingerprint density at radius 2 is 1.91 bits per heavy atom. The number of nitrogens with zero attached hydrogens (tertiary/aromatic N) is 6. The van der Waals surface area contributed by atoms with E-state index in [-0.39, 0.29) is 11.6 Å². The number of anilines is 1. The van der Waals surface area contributed by atoms with Gasteiger partial charge < -0.3 is 24.6 Å². The fourth-order valence-corrected chi connectivity index (χ4v) is 8.01. The average molecular weight is 598 g/mol. The van der Waals surface area contributed by atoms with Crippen molar-refractivity contribution in [3.63, 3.8) is 0 Å². The molecule has 4 aliphatic rings. The molecule has 10 heteroatoms. The van der Waals surface area contributed by atoms with Gasteiger partial charge in [0.25, 0.3) is 0 Å². The lowest BCUT2D eigenvalue weighted by molar-refractivity contribution is 0.115. The summed E-state index contributed by atoms with van der Waals surface area (Å²) in [6.45, 7) is 3.73. The van der Waals surface area contributed by atoms with Gasteiger partial charge in [0, 0.05) is 17.3 Å². The van der Waals surface area contributed by atoms with Crippen LogP contribution in [0, 0.1) is 11.3 Å². The molecule has 0 unspecified atom stereocenters. The van der Waals surface area contributed by atoms with Crippen molar-refractivity contribution in [1.82, 2.24) is 24.9 Å². The zero-order chi connectivity index (χ0) is 30.6. The molecule has 1 aliphatic heterocycles. The van der Waals surface area contributed by atoms with Gasteiger partial charge in [-0.3, -0.25) is 4.90 Å². The standard InChI is InChI=1S/C34H43N7O3/c1-21(26-10-7-17-41(26)4)43-28-18-27(42-20-33(15-16-33)40(2)3)37-32(38-28)30-23-9-6-14-34(31(23)44-39-30)13-5-8-22-11-12-25(36)24(19-35)29(22)34/h11-12,18,21,26H,5-10,13-17,20,36H2,1-4H3/t21-,26-,34+/m0/s1. The van der Waals surface area contributed by atoms with Crippen LogP contribution in [0.25, 0.3) is 11.5 Å². The Balaban J connectivity index is 1.28. The van der Waals surface area contributed by atoms with E-state index in [1.54, 1.807) is 0 Å². The predicted octanol–water partition coefficient (Wildman–Crippen LogP) is 4.88. The molecule has 7 rings (SSSR count). The number of nitrogens with two attached hydrogens (primary N) is 1. The fraction of sp³-hybridized carbons (Fsp3) is 0.588. The fourth-order valence-electron chi connectivity index (χ4n) is 8.01. The summed E-state index contributed by atoms with van der Waals surface area (Å²) in [5.41, 5.74) is 10.9. The zero-order valence-corrected chi connectivity index (χ0v) is 26.4. The molecule has 0 amide bonds. The second-order valence-corrected chi connectivity index (χ2v) is 13.6. The number of benzene rings is 1. The highest BCUT2D eigenvalue weighted by molar-refractivity contribution is 5.67. The third kappa shape index (κ3) is 4.81. The van der Waals surface area contributed by atoms with Gasteiger partial charge in [0.15, 0.2) is 17.3 Å².